The second-order valence-electron chi connectivity index (χ2n) is 6.47. The maximum Gasteiger partial charge on any atom is 0.270 e. The number of methoxy groups -OCH3 is 1. The van der Waals surface area contributed by atoms with Gasteiger partial charge in [-0.15, -0.1) is 0 Å². The molecule has 9 heteroatoms. The molecule has 1 aliphatic rings. The van der Waals surface area contributed by atoms with Crippen LogP contribution in [-0.2, 0) is 9.59 Å². The highest BCUT2D eigenvalue weighted by Gasteiger charge is 2.39. The van der Waals surface area contributed by atoms with Crippen molar-refractivity contribution in [1.29, 1.82) is 0 Å². The lowest BCUT2D eigenvalue weighted by Crippen LogP contribution is -2.56. The number of hydrogen-bond donors (Lipinski definition) is 0. The Kier molecular flexibility index (Phi) is 7.20. The van der Waals surface area contributed by atoms with Crippen molar-refractivity contribution < 1.29 is 19.1 Å². The minimum atomic E-state index is -0.535. The summed E-state index contributed by atoms with van der Waals surface area (Å²) in [7, 11) is 1.49. The molecule has 1 aliphatic heterocycles. The van der Waals surface area contributed by atoms with Crippen molar-refractivity contribution in [2.45, 2.75) is 13.8 Å². The first-order chi connectivity index (χ1) is 14.8. The number of rotatable bonds is 6. The normalized spacial score (nSPS) is 15.6. The van der Waals surface area contributed by atoms with E-state index < -0.39 is 11.8 Å². The van der Waals surface area contributed by atoms with Crippen molar-refractivity contribution in [2.75, 3.05) is 25.2 Å². The van der Waals surface area contributed by atoms with E-state index in [1.54, 1.807) is 43.3 Å². The second kappa shape index (κ2) is 9.68. The largest absolute Gasteiger partial charge is 0.491 e. The summed E-state index contributed by atoms with van der Waals surface area (Å²) < 4.78 is 10.9. The van der Waals surface area contributed by atoms with Gasteiger partial charge in [-0.1, -0.05) is 23.2 Å². The number of carbonyl (C=O) groups is 2. The van der Waals surface area contributed by atoms with Crippen molar-refractivity contribution in [3.05, 3.63) is 57.6 Å². The van der Waals surface area contributed by atoms with Crippen LogP contribution in [-0.4, -0.2) is 42.1 Å². The van der Waals surface area contributed by atoms with Gasteiger partial charge in [-0.3, -0.25) is 19.4 Å². The SMILES string of the molecule is CCOc1cc(/C=C2\C(=O)N(CC)C(=S)N(c3ccc(Cl)cc3)C2=O)cc(Cl)c1OC. The molecule has 2 amide bonds. The molecule has 0 aromatic heterocycles. The lowest BCUT2D eigenvalue weighted by Gasteiger charge is -2.36. The topological polar surface area (TPSA) is 59.1 Å². The molecule has 31 heavy (non-hydrogen) atoms. The number of carbonyl (C=O) groups excluding carboxylic acids is 2. The van der Waals surface area contributed by atoms with Crippen molar-refractivity contribution >= 4 is 64.1 Å². The first-order valence-electron chi connectivity index (χ1n) is 9.50. The Labute approximate surface area is 195 Å². The summed E-state index contributed by atoms with van der Waals surface area (Å²) in [5.41, 5.74) is 0.985. The van der Waals surface area contributed by atoms with Gasteiger partial charge < -0.3 is 9.47 Å². The monoisotopic (exact) mass is 478 g/mol. The van der Waals surface area contributed by atoms with Gasteiger partial charge in [0.1, 0.15) is 5.57 Å². The van der Waals surface area contributed by atoms with E-state index in [4.69, 9.17) is 44.9 Å². The van der Waals surface area contributed by atoms with Crippen LogP contribution in [0.15, 0.2) is 42.0 Å². The van der Waals surface area contributed by atoms with Gasteiger partial charge in [-0.25, -0.2) is 0 Å². The van der Waals surface area contributed by atoms with Crippen LogP contribution >= 0.6 is 35.4 Å². The number of ether oxygens (including phenoxy) is 2. The molecule has 0 bridgehead atoms. The quantitative estimate of drug-likeness (QED) is 0.333. The van der Waals surface area contributed by atoms with Crippen LogP contribution in [0.4, 0.5) is 5.69 Å². The Bertz CT molecular complexity index is 1070. The third-order valence-electron chi connectivity index (χ3n) is 4.58. The summed E-state index contributed by atoms with van der Waals surface area (Å²) in [6.07, 6.45) is 1.48. The fourth-order valence-electron chi connectivity index (χ4n) is 3.17. The van der Waals surface area contributed by atoms with Crippen molar-refractivity contribution in [3.63, 3.8) is 0 Å². The van der Waals surface area contributed by atoms with Crippen LogP contribution in [0.3, 0.4) is 0 Å². The molecule has 1 saturated heterocycles. The molecule has 1 heterocycles. The van der Waals surface area contributed by atoms with Gasteiger partial charge in [0.15, 0.2) is 16.6 Å². The lowest BCUT2D eigenvalue weighted by atomic mass is 10.1. The maximum atomic E-state index is 13.3. The summed E-state index contributed by atoms with van der Waals surface area (Å²) in [5.74, 6) is -0.219. The molecule has 3 rings (SSSR count). The third-order valence-corrected chi connectivity index (χ3v) is 5.51. The number of thiocarbonyl (C=S) groups is 1. The average Bonchev–Trinajstić information content (AvgIpc) is 2.73. The Hall–Kier alpha value is -2.61. The molecule has 0 N–H and O–H groups in total. The maximum absolute atomic E-state index is 13.3. The van der Waals surface area contributed by atoms with Crippen molar-refractivity contribution in [2.24, 2.45) is 0 Å². The van der Waals surface area contributed by atoms with Gasteiger partial charge in [0, 0.05) is 11.6 Å². The van der Waals surface area contributed by atoms with E-state index in [2.05, 4.69) is 0 Å². The number of nitrogens with zero attached hydrogens (tertiary/aromatic N) is 2. The highest BCUT2D eigenvalue weighted by Crippen LogP contribution is 2.37. The fourth-order valence-corrected chi connectivity index (χ4v) is 3.99. The summed E-state index contributed by atoms with van der Waals surface area (Å²) in [5, 5.41) is 0.933. The molecule has 0 spiro atoms. The Morgan fingerprint density at radius 1 is 1.06 bits per heavy atom. The molecular formula is C22H20Cl2N2O4S. The number of hydrogen-bond acceptors (Lipinski definition) is 5. The van der Waals surface area contributed by atoms with Crippen LogP contribution in [0.1, 0.15) is 19.4 Å². The molecule has 0 unspecified atom stereocenters. The second-order valence-corrected chi connectivity index (χ2v) is 7.68. The van der Waals surface area contributed by atoms with Crippen LogP contribution in [0.2, 0.25) is 10.0 Å². The number of anilines is 1. The minimum Gasteiger partial charge on any atom is -0.491 e. The van der Waals surface area contributed by atoms with Gasteiger partial charge >= 0.3 is 0 Å². The van der Waals surface area contributed by atoms with Gasteiger partial charge in [0.2, 0.25) is 0 Å². The first-order valence-corrected chi connectivity index (χ1v) is 10.7. The Morgan fingerprint density at radius 2 is 1.74 bits per heavy atom. The van der Waals surface area contributed by atoms with Gasteiger partial charge in [0.05, 0.1) is 24.4 Å². The van der Waals surface area contributed by atoms with Crippen LogP contribution in [0.5, 0.6) is 11.5 Å². The highest BCUT2D eigenvalue weighted by atomic mass is 35.5. The Balaban J connectivity index is 2.11. The molecule has 2 aromatic rings. The van der Waals surface area contributed by atoms with E-state index in [9.17, 15) is 9.59 Å². The first kappa shape index (κ1) is 23.1. The average molecular weight is 479 g/mol. The molecule has 6 nitrogen and oxygen atoms in total. The predicted molar refractivity (Wildman–Crippen MR) is 126 cm³/mol. The summed E-state index contributed by atoms with van der Waals surface area (Å²) in [4.78, 5) is 29.0. The van der Waals surface area contributed by atoms with E-state index in [1.807, 2.05) is 6.92 Å². The van der Waals surface area contributed by atoms with Crippen LogP contribution in [0, 0.1) is 0 Å². The van der Waals surface area contributed by atoms with Crippen molar-refractivity contribution in [1.82, 2.24) is 4.90 Å². The van der Waals surface area contributed by atoms with E-state index in [0.717, 1.165) is 0 Å². The fraction of sp³-hybridized carbons (Fsp3) is 0.227. The standard InChI is InChI=1S/C22H20Cl2N2O4S/c1-4-25-20(27)16(10-13-11-17(24)19(29-3)18(12-13)30-5-2)21(28)26(22(25)31)15-8-6-14(23)7-9-15/h6-12H,4-5H2,1-3H3/b16-10+. The van der Waals surface area contributed by atoms with Crippen LogP contribution in [0.25, 0.3) is 6.08 Å². The van der Waals surface area contributed by atoms with Crippen LogP contribution < -0.4 is 14.4 Å². The molecular weight excluding hydrogens is 459 g/mol. The summed E-state index contributed by atoms with van der Waals surface area (Å²) >= 11 is 17.7. The zero-order valence-electron chi connectivity index (χ0n) is 17.1. The van der Waals surface area contributed by atoms with E-state index >= 15 is 0 Å². The number of amides is 2. The summed E-state index contributed by atoms with van der Waals surface area (Å²) in [6.45, 7) is 4.32. The number of halogens is 2. The summed E-state index contributed by atoms with van der Waals surface area (Å²) in [6, 6.07) is 9.92. The third kappa shape index (κ3) is 4.54. The van der Waals surface area contributed by atoms with Gasteiger partial charge in [0.25, 0.3) is 11.8 Å². The molecule has 0 aliphatic carbocycles. The predicted octanol–water partition coefficient (Wildman–Crippen LogP) is 4.96. The molecule has 2 aromatic carbocycles. The van der Waals surface area contributed by atoms with E-state index in [1.165, 1.54) is 23.0 Å². The smallest absolute Gasteiger partial charge is 0.270 e. The number of benzene rings is 2. The molecule has 162 valence electrons. The minimum absolute atomic E-state index is 0.0471. The zero-order valence-corrected chi connectivity index (χ0v) is 19.5. The Morgan fingerprint density at radius 3 is 2.32 bits per heavy atom. The molecule has 0 atom stereocenters. The molecule has 0 radical (unpaired) electrons. The zero-order chi connectivity index (χ0) is 22.7. The van der Waals surface area contributed by atoms with E-state index in [-0.39, 0.29) is 10.7 Å². The van der Waals surface area contributed by atoms with Gasteiger partial charge in [-0.2, -0.15) is 0 Å². The van der Waals surface area contributed by atoms with E-state index in [0.29, 0.717) is 45.9 Å². The molecule has 0 saturated carbocycles. The lowest BCUT2D eigenvalue weighted by molar-refractivity contribution is -0.127. The number of likely N-dealkylation sites (N-methyl/N-ethyl adjacent to an activating group) is 1. The van der Waals surface area contributed by atoms with Gasteiger partial charge in [-0.05, 0) is 74.1 Å². The highest BCUT2D eigenvalue weighted by molar-refractivity contribution is 7.80. The van der Waals surface area contributed by atoms with Crippen molar-refractivity contribution in [3.8, 4) is 11.5 Å². The molecule has 1 fully saturated rings.